The van der Waals surface area contributed by atoms with Crippen molar-refractivity contribution < 1.29 is 0 Å². The van der Waals surface area contributed by atoms with E-state index in [0.29, 0.717) is 11.6 Å². The van der Waals surface area contributed by atoms with Crippen molar-refractivity contribution in [3.05, 3.63) is 40.9 Å². The highest BCUT2D eigenvalue weighted by molar-refractivity contribution is 9.10. The Morgan fingerprint density at radius 3 is 2.71 bits per heavy atom. The van der Waals surface area contributed by atoms with Crippen LogP contribution >= 0.6 is 15.9 Å². The van der Waals surface area contributed by atoms with Crippen LogP contribution in [0.1, 0.15) is 5.69 Å². The van der Waals surface area contributed by atoms with Crippen LogP contribution in [-0.2, 0) is 0 Å². The molecule has 5 heteroatoms. The highest BCUT2D eigenvalue weighted by Gasteiger charge is 2.03. The van der Waals surface area contributed by atoms with Gasteiger partial charge in [0, 0.05) is 18.6 Å². The summed E-state index contributed by atoms with van der Waals surface area (Å²) < 4.78 is 2.44. The number of rotatable bonds is 1. The Balaban J connectivity index is 2.50. The van der Waals surface area contributed by atoms with Crippen molar-refractivity contribution in [3.63, 3.8) is 0 Å². The minimum atomic E-state index is 0.495. The van der Waals surface area contributed by atoms with E-state index in [-0.39, 0.29) is 0 Å². The predicted octanol–water partition coefficient (Wildman–Crippen LogP) is 1.90. The van der Waals surface area contributed by atoms with Crippen LogP contribution < -0.4 is 0 Å². The second kappa shape index (κ2) is 3.60. The van der Waals surface area contributed by atoms with Gasteiger partial charge in [-0.1, -0.05) is 0 Å². The van der Waals surface area contributed by atoms with Crippen LogP contribution in [0.5, 0.6) is 0 Å². The van der Waals surface area contributed by atoms with E-state index in [1.54, 1.807) is 35.3 Å². The first kappa shape index (κ1) is 8.91. The van der Waals surface area contributed by atoms with E-state index < -0.39 is 0 Å². The zero-order valence-electron chi connectivity index (χ0n) is 7.05. The smallest absolute Gasteiger partial charge is 0.234 e. The number of hydrogen-bond acceptors (Lipinski definition) is 3. The first-order valence-electron chi connectivity index (χ1n) is 3.86. The quantitative estimate of drug-likeness (QED) is 0.775. The standard InChI is InChI=1S/C9H5BrN4/c10-7-5-12-9(13-6-7)14-3-1-2-8(14)4-11/h1-3,5-6H. The first-order chi connectivity index (χ1) is 6.81. The molecule has 0 bridgehead atoms. The highest BCUT2D eigenvalue weighted by Crippen LogP contribution is 2.09. The molecule has 0 fully saturated rings. The molecule has 0 aromatic carbocycles. The van der Waals surface area contributed by atoms with Crippen LogP contribution in [0.2, 0.25) is 0 Å². The van der Waals surface area contributed by atoms with Gasteiger partial charge in [-0.2, -0.15) is 5.26 Å². The maximum atomic E-state index is 8.79. The third-order valence-electron chi connectivity index (χ3n) is 1.69. The van der Waals surface area contributed by atoms with Crippen LogP contribution in [0.15, 0.2) is 35.2 Å². The van der Waals surface area contributed by atoms with Gasteiger partial charge in [0.05, 0.1) is 4.47 Å². The summed E-state index contributed by atoms with van der Waals surface area (Å²) >= 11 is 3.25. The number of nitriles is 1. The monoisotopic (exact) mass is 248 g/mol. The molecule has 0 spiro atoms. The molecular weight excluding hydrogens is 244 g/mol. The summed E-state index contributed by atoms with van der Waals surface area (Å²) in [4.78, 5) is 8.17. The molecule has 68 valence electrons. The molecule has 0 N–H and O–H groups in total. The van der Waals surface area contributed by atoms with Gasteiger partial charge in [0.1, 0.15) is 11.8 Å². The minimum Gasteiger partial charge on any atom is -0.276 e. The fraction of sp³-hybridized carbons (Fsp3) is 0. The lowest BCUT2D eigenvalue weighted by Crippen LogP contribution is -2.00. The molecule has 2 rings (SSSR count). The van der Waals surface area contributed by atoms with Gasteiger partial charge in [0.15, 0.2) is 0 Å². The van der Waals surface area contributed by atoms with Gasteiger partial charge in [-0.3, -0.25) is 4.57 Å². The number of halogens is 1. The van der Waals surface area contributed by atoms with Gasteiger partial charge in [-0.15, -0.1) is 0 Å². The molecule has 2 aromatic rings. The number of aromatic nitrogens is 3. The Morgan fingerprint density at radius 2 is 2.07 bits per heavy atom. The molecule has 0 aliphatic heterocycles. The van der Waals surface area contributed by atoms with Crippen LogP contribution in [0.3, 0.4) is 0 Å². The normalized spacial score (nSPS) is 9.71. The van der Waals surface area contributed by atoms with Crippen molar-refractivity contribution >= 4 is 15.9 Å². The molecule has 4 nitrogen and oxygen atoms in total. The van der Waals surface area contributed by atoms with Gasteiger partial charge < -0.3 is 0 Å². The Labute approximate surface area is 89.0 Å². The highest BCUT2D eigenvalue weighted by atomic mass is 79.9. The SMILES string of the molecule is N#Cc1cccn1-c1ncc(Br)cn1. The fourth-order valence-electron chi connectivity index (χ4n) is 1.08. The van der Waals surface area contributed by atoms with Crippen molar-refractivity contribution in [2.24, 2.45) is 0 Å². The Bertz CT molecular complexity index is 480. The zero-order chi connectivity index (χ0) is 9.97. The van der Waals surface area contributed by atoms with Crippen molar-refractivity contribution in [1.82, 2.24) is 14.5 Å². The third kappa shape index (κ3) is 1.52. The molecule has 0 saturated carbocycles. The van der Waals surface area contributed by atoms with Crippen molar-refractivity contribution in [1.29, 1.82) is 5.26 Å². The Hall–Kier alpha value is -1.67. The van der Waals surface area contributed by atoms with Gasteiger partial charge in [0.25, 0.3) is 0 Å². The second-order valence-corrected chi connectivity index (χ2v) is 3.49. The van der Waals surface area contributed by atoms with Crippen LogP contribution in [-0.4, -0.2) is 14.5 Å². The summed E-state index contributed by atoms with van der Waals surface area (Å²) in [5.74, 6) is 0.495. The van der Waals surface area contributed by atoms with Gasteiger partial charge >= 0.3 is 0 Å². The summed E-state index contributed by atoms with van der Waals surface area (Å²) in [6, 6.07) is 5.56. The number of nitrogens with zero attached hydrogens (tertiary/aromatic N) is 4. The van der Waals surface area contributed by atoms with E-state index in [9.17, 15) is 0 Å². The van der Waals surface area contributed by atoms with Crippen molar-refractivity contribution in [3.8, 4) is 12.0 Å². The Kier molecular flexibility index (Phi) is 2.29. The topological polar surface area (TPSA) is 54.5 Å². The molecule has 0 atom stereocenters. The molecule has 0 saturated heterocycles. The first-order valence-corrected chi connectivity index (χ1v) is 4.66. The molecule has 0 aliphatic carbocycles. The Morgan fingerprint density at radius 1 is 1.36 bits per heavy atom. The van der Waals surface area contributed by atoms with E-state index in [4.69, 9.17) is 5.26 Å². The minimum absolute atomic E-state index is 0.495. The van der Waals surface area contributed by atoms with Crippen LogP contribution in [0, 0.1) is 11.3 Å². The van der Waals surface area contributed by atoms with E-state index in [1.807, 2.05) is 0 Å². The average Bonchev–Trinajstić information content (AvgIpc) is 2.67. The van der Waals surface area contributed by atoms with Crippen molar-refractivity contribution in [2.45, 2.75) is 0 Å². The lowest BCUT2D eigenvalue weighted by Gasteiger charge is -2.00. The molecule has 0 unspecified atom stereocenters. The van der Waals surface area contributed by atoms with E-state index in [0.717, 1.165) is 4.47 Å². The molecule has 0 radical (unpaired) electrons. The van der Waals surface area contributed by atoms with Crippen LogP contribution in [0.4, 0.5) is 0 Å². The predicted molar refractivity (Wildman–Crippen MR) is 53.8 cm³/mol. The summed E-state index contributed by atoms with van der Waals surface area (Å²) in [5, 5.41) is 8.79. The summed E-state index contributed by atoms with van der Waals surface area (Å²) in [7, 11) is 0. The lowest BCUT2D eigenvalue weighted by molar-refractivity contribution is 0.918. The molecule has 14 heavy (non-hydrogen) atoms. The lowest BCUT2D eigenvalue weighted by atomic mass is 10.5. The second-order valence-electron chi connectivity index (χ2n) is 2.58. The summed E-state index contributed by atoms with van der Waals surface area (Å²) in [5.41, 5.74) is 0.521. The third-order valence-corrected chi connectivity index (χ3v) is 2.09. The molecule has 0 aliphatic rings. The largest absolute Gasteiger partial charge is 0.276 e. The van der Waals surface area contributed by atoms with Crippen LogP contribution in [0.25, 0.3) is 5.95 Å². The van der Waals surface area contributed by atoms with Gasteiger partial charge in [-0.05, 0) is 28.1 Å². The summed E-state index contributed by atoms with van der Waals surface area (Å²) in [6.45, 7) is 0. The molecule has 2 heterocycles. The molecule has 2 aromatic heterocycles. The van der Waals surface area contributed by atoms with E-state index in [1.165, 1.54) is 0 Å². The van der Waals surface area contributed by atoms with Gasteiger partial charge in [-0.25, -0.2) is 9.97 Å². The number of hydrogen-bond donors (Lipinski definition) is 0. The van der Waals surface area contributed by atoms with Gasteiger partial charge in [0.2, 0.25) is 5.95 Å². The van der Waals surface area contributed by atoms with E-state index >= 15 is 0 Å². The maximum absolute atomic E-state index is 8.79. The molecule has 0 amide bonds. The maximum Gasteiger partial charge on any atom is 0.234 e. The average molecular weight is 249 g/mol. The summed E-state index contributed by atoms with van der Waals surface area (Å²) in [6.07, 6.45) is 5.04. The molecular formula is C9H5BrN4. The fourth-order valence-corrected chi connectivity index (χ4v) is 1.28. The van der Waals surface area contributed by atoms with Crippen molar-refractivity contribution in [2.75, 3.05) is 0 Å². The zero-order valence-corrected chi connectivity index (χ0v) is 8.64. The van der Waals surface area contributed by atoms with E-state index in [2.05, 4.69) is 32.0 Å².